The van der Waals surface area contributed by atoms with Crippen LogP contribution in [-0.2, 0) is 4.79 Å². The van der Waals surface area contributed by atoms with Gasteiger partial charge in [0.25, 0.3) is 0 Å². The van der Waals surface area contributed by atoms with Crippen molar-refractivity contribution in [1.82, 2.24) is 5.32 Å². The monoisotopic (exact) mass is 300 g/mol. The molecule has 1 atom stereocenters. The second-order valence-electron chi connectivity index (χ2n) is 4.13. The number of carboxylic acids is 1. The Bertz CT molecular complexity index is 493. The molecule has 0 saturated heterocycles. The molecule has 20 heavy (non-hydrogen) atoms. The quantitative estimate of drug-likeness (QED) is 0.754. The molecule has 2 amide bonds. The fourth-order valence-corrected chi connectivity index (χ4v) is 1.87. The summed E-state index contributed by atoms with van der Waals surface area (Å²) in [4.78, 5) is 22.6. The molecule has 3 N–H and O–H groups in total. The normalized spacial score (nSPS) is 11.6. The summed E-state index contributed by atoms with van der Waals surface area (Å²) >= 11 is 5.93. The zero-order valence-electron chi connectivity index (χ0n) is 11.3. The summed E-state index contributed by atoms with van der Waals surface area (Å²) in [6.07, 6.45) is 1.03. The standard InChI is InChI=1S/C13H17ClN2O4/c1-3-4-10(12(17)18)16-13(19)15-8-5-6-11(20-2)9(14)7-8/h5-7,10H,3-4H2,1-2H3,(H,17,18)(H2,15,16,19)/t10-/m0/s1. The van der Waals surface area contributed by atoms with Gasteiger partial charge in [-0.25, -0.2) is 9.59 Å². The van der Waals surface area contributed by atoms with E-state index in [1.807, 2.05) is 6.92 Å². The Hall–Kier alpha value is -1.95. The number of nitrogens with one attached hydrogen (secondary N) is 2. The molecule has 0 bridgehead atoms. The third kappa shape index (κ3) is 4.62. The molecule has 0 spiro atoms. The van der Waals surface area contributed by atoms with Gasteiger partial charge in [-0.2, -0.15) is 0 Å². The molecule has 110 valence electrons. The van der Waals surface area contributed by atoms with Crippen molar-refractivity contribution in [3.8, 4) is 5.75 Å². The number of carbonyl (C=O) groups is 2. The Labute approximate surface area is 122 Å². The highest BCUT2D eigenvalue weighted by Gasteiger charge is 2.18. The number of rotatable bonds is 6. The predicted octanol–water partition coefficient (Wildman–Crippen LogP) is 2.72. The number of benzene rings is 1. The highest BCUT2D eigenvalue weighted by atomic mass is 35.5. The van der Waals surface area contributed by atoms with Gasteiger partial charge in [0.1, 0.15) is 11.8 Å². The van der Waals surface area contributed by atoms with Crippen molar-refractivity contribution >= 4 is 29.3 Å². The molecule has 6 nitrogen and oxygen atoms in total. The molecule has 0 fully saturated rings. The molecule has 7 heteroatoms. The van der Waals surface area contributed by atoms with E-state index in [0.717, 1.165) is 0 Å². The number of anilines is 1. The third-order valence-corrected chi connectivity index (χ3v) is 2.89. The number of halogens is 1. The first-order valence-corrected chi connectivity index (χ1v) is 6.49. The van der Waals surface area contributed by atoms with Crippen LogP contribution in [0.4, 0.5) is 10.5 Å². The molecule has 0 aromatic heterocycles. The van der Waals surface area contributed by atoms with E-state index in [1.165, 1.54) is 13.2 Å². The summed E-state index contributed by atoms with van der Waals surface area (Å²) in [5.74, 6) is -0.568. The summed E-state index contributed by atoms with van der Waals surface area (Å²) in [5, 5.41) is 14.2. The van der Waals surface area contributed by atoms with Gasteiger partial charge in [0, 0.05) is 5.69 Å². The molecule has 1 rings (SSSR count). The van der Waals surface area contributed by atoms with E-state index in [2.05, 4.69) is 10.6 Å². The van der Waals surface area contributed by atoms with Crippen molar-refractivity contribution in [2.45, 2.75) is 25.8 Å². The van der Waals surface area contributed by atoms with E-state index in [4.69, 9.17) is 21.4 Å². The van der Waals surface area contributed by atoms with Crippen molar-refractivity contribution in [2.24, 2.45) is 0 Å². The summed E-state index contributed by atoms with van der Waals surface area (Å²) in [5.41, 5.74) is 0.453. The lowest BCUT2D eigenvalue weighted by atomic mass is 10.2. The number of aliphatic carboxylic acids is 1. The van der Waals surface area contributed by atoms with Crippen LogP contribution in [0, 0.1) is 0 Å². The van der Waals surface area contributed by atoms with Crippen LogP contribution in [0.1, 0.15) is 19.8 Å². The molecule has 0 heterocycles. The second-order valence-corrected chi connectivity index (χ2v) is 4.53. The fourth-order valence-electron chi connectivity index (χ4n) is 1.62. The first-order valence-electron chi connectivity index (χ1n) is 6.11. The van der Waals surface area contributed by atoms with Crippen LogP contribution in [-0.4, -0.2) is 30.3 Å². The smallest absolute Gasteiger partial charge is 0.326 e. The summed E-state index contributed by atoms with van der Waals surface area (Å²) in [6.45, 7) is 1.85. The van der Waals surface area contributed by atoms with Crippen molar-refractivity contribution in [3.05, 3.63) is 23.2 Å². The van der Waals surface area contributed by atoms with E-state index < -0.39 is 18.0 Å². The van der Waals surface area contributed by atoms with Gasteiger partial charge in [-0.05, 0) is 24.6 Å². The van der Waals surface area contributed by atoms with Crippen molar-refractivity contribution in [3.63, 3.8) is 0 Å². The summed E-state index contributed by atoms with van der Waals surface area (Å²) in [7, 11) is 1.49. The lowest BCUT2D eigenvalue weighted by molar-refractivity contribution is -0.139. The minimum atomic E-state index is -1.06. The van der Waals surface area contributed by atoms with E-state index >= 15 is 0 Å². The van der Waals surface area contributed by atoms with Gasteiger partial charge in [-0.1, -0.05) is 24.9 Å². The van der Waals surface area contributed by atoms with Crippen LogP contribution in [0.25, 0.3) is 0 Å². The number of ether oxygens (including phenoxy) is 1. The molecule has 0 saturated carbocycles. The maximum Gasteiger partial charge on any atom is 0.326 e. The predicted molar refractivity (Wildman–Crippen MR) is 76.5 cm³/mol. The third-order valence-electron chi connectivity index (χ3n) is 2.59. The topological polar surface area (TPSA) is 87.7 Å². The first kappa shape index (κ1) is 16.1. The van der Waals surface area contributed by atoms with E-state index in [0.29, 0.717) is 29.3 Å². The zero-order valence-corrected chi connectivity index (χ0v) is 12.0. The largest absolute Gasteiger partial charge is 0.495 e. The minimum absolute atomic E-state index is 0.355. The molecular weight excluding hydrogens is 284 g/mol. The van der Waals surface area contributed by atoms with Crippen molar-refractivity contribution in [1.29, 1.82) is 0 Å². The van der Waals surface area contributed by atoms with Crippen LogP contribution < -0.4 is 15.4 Å². The SMILES string of the molecule is CCC[C@H](NC(=O)Nc1ccc(OC)c(Cl)c1)C(=O)O. The van der Waals surface area contributed by atoms with Gasteiger partial charge in [-0.15, -0.1) is 0 Å². The summed E-state index contributed by atoms with van der Waals surface area (Å²) < 4.78 is 4.99. The van der Waals surface area contributed by atoms with E-state index in [9.17, 15) is 9.59 Å². The van der Waals surface area contributed by atoms with Crippen LogP contribution in [0.5, 0.6) is 5.75 Å². The average Bonchev–Trinajstić information content (AvgIpc) is 2.38. The van der Waals surface area contributed by atoms with Gasteiger partial charge >= 0.3 is 12.0 Å². The van der Waals surface area contributed by atoms with E-state index in [-0.39, 0.29) is 0 Å². The van der Waals surface area contributed by atoms with Gasteiger partial charge in [0.15, 0.2) is 0 Å². The maximum atomic E-state index is 11.7. The molecule has 0 aliphatic rings. The number of amides is 2. The van der Waals surface area contributed by atoms with Gasteiger partial charge in [0.05, 0.1) is 12.1 Å². The summed E-state index contributed by atoms with van der Waals surface area (Å²) in [6, 6.07) is 3.24. The Morgan fingerprint density at radius 1 is 1.45 bits per heavy atom. The average molecular weight is 301 g/mol. The van der Waals surface area contributed by atoms with Crippen LogP contribution in [0.2, 0.25) is 5.02 Å². The lowest BCUT2D eigenvalue weighted by Crippen LogP contribution is -2.42. The molecule has 0 aliphatic heterocycles. The number of urea groups is 1. The fraction of sp³-hybridized carbons (Fsp3) is 0.385. The van der Waals surface area contributed by atoms with Gasteiger partial charge in [0.2, 0.25) is 0 Å². The zero-order chi connectivity index (χ0) is 15.1. The number of hydrogen-bond donors (Lipinski definition) is 3. The second kappa shape index (κ2) is 7.59. The van der Waals surface area contributed by atoms with Crippen molar-refractivity contribution < 1.29 is 19.4 Å². The molecule has 0 radical (unpaired) electrons. The molecule has 0 unspecified atom stereocenters. The number of methoxy groups -OCH3 is 1. The maximum absolute atomic E-state index is 11.7. The molecular formula is C13H17ClN2O4. The molecule has 1 aromatic carbocycles. The van der Waals surface area contributed by atoms with Gasteiger partial charge < -0.3 is 20.5 Å². The molecule has 0 aliphatic carbocycles. The Morgan fingerprint density at radius 2 is 2.15 bits per heavy atom. The minimum Gasteiger partial charge on any atom is -0.495 e. The number of carboxylic acid groups (broad SMARTS) is 1. The lowest BCUT2D eigenvalue weighted by Gasteiger charge is -2.14. The highest BCUT2D eigenvalue weighted by molar-refractivity contribution is 6.32. The Morgan fingerprint density at radius 3 is 2.65 bits per heavy atom. The van der Waals surface area contributed by atoms with Gasteiger partial charge in [-0.3, -0.25) is 0 Å². The highest BCUT2D eigenvalue weighted by Crippen LogP contribution is 2.27. The number of carbonyl (C=O) groups excluding carboxylic acids is 1. The molecule has 1 aromatic rings. The first-order chi connectivity index (χ1) is 9.47. The van der Waals surface area contributed by atoms with Crippen molar-refractivity contribution in [2.75, 3.05) is 12.4 Å². The Balaban J connectivity index is 2.66. The van der Waals surface area contributed by atoms with E-state index in [1.54, 1.807) is 12.1 Å². The van der Waals surface area contributed by atoms with Crippen LogP contribution in [0.15, 0.2) is 18.2 Å². The van der Waals surface area contributed by atoms with Crippen LogP contribution in [0.3, 0.4) is 0 Å². The Kier molecular flexibility index (Phi) is 6.11. The van der Waals surface area contributed by atoms with Crippen LogP contribution >= 0.6 is 11.6 Å². The number of hydrogen-bond acceptors (Lipinski definition) is 3.